The molecule has 1 aliphatic rings. The molecule has 3 amide bonds. The summed E-state index contributed by atoms with van der Waals surface area (Å²) in [4.78, 5) is 40.7. The molecule has 1 aliphatic heterocycles. The van der Waals surface area contributed by atoms with Crippen molar-refractivity contribution < 1.29 is 19.1 Å². The van der Waals surface area contributed by atoms with Crippen molar-refractivity contribution in [2.45, 2.75) is 45.2 Å². The highest BCUT2D eigenvalue weighted by Gasteiger charge is 2.34. The average Bonchev–Trinajstić information content (AvgIpc) is 2.87. The Morgan fingerprint density at radius 1 is 1.00 bits per heavy atom. The number of nitrogens with one attached hydrogen (secondary N) is 2. The Balaban J connectivity index is 1.69. The van der Waals surface area contributed by atoms with Gasteiger partial charge in [-0.1, -0.05) is 18.5 Å². The van der Waals surface area contributed by atoms with Gasteiger partial charge in [0.2, 0.25) is 5.91 Å². The molecular weight excluding hydrogens is 454 g/mol. The molecule has 7 nitrogen and oxygen atoms in total. The Hall–Kier alpha value is -3.06. The summed E-state index contributed by atoms with van der Waals surface area (Å²) in [5.74, 6) is 0.00386. The Morgan fingerprint density at radius 2 is 1.59 bits per heavy atom. The zero-order chi connectivity index (χ0) is 24.7. The molecule has 2 N–H and O–H groups in total. The van der Waals surface area contributed by atoms with E-state index in [1.165, 1.54) is 0 Å². The van der Waals surface area contributed by atoms with Crippen molar-refractivity contribution in [2.75, 3.05) is 20.2 Å². The highest BCUT2D eigenvalue weighted by molar-refractivity contribution is 6.30. The van der Waals surface area contributed by atoms with Crippen LogP contribution < -0.4 is 15.4 Å². The predicted octanol–water partition coefficient (Wildman–Crippen LogP) is 3.91. The third-order valence-electron chi connectivity index (χ3n) is 6.31. The van der Waals surface area contributed by atoms with Crippen LogP contribution in [0.4, 0.5) is 0 Å². The Labute approximate surface area is 205 Å². The number of carbonyl (C=O) groups is 3. The quantitative estimate of drug-likeness (QED) is 0.593. The number of hydrogen-bond donors (Lipinski definition) is 2. The normalized spacial score (nSPS) is 15.8. The minimum Gasteiger partial charge on any atom is -0.497 e. The van der Waals surface area contributed by atoms with Crippen molar-refractivity contribution in [3.63, 3.8) is 0 Å². The summed E-state index contributed by atoms with van der Waals surface area (Å²) >= 11 is 5.93. The third kappa shape index (κ3) is 6.50. The van der Waals surface area contributed by atoms with E-state index in [0.717, 1.165) is 6.42 Å². The van der Waals surface area contributed by atoms with Crippen molar-refractivity contribution in [2.24, 2.45) is 5.92 Å². The van der Waals surface area contributed by atoms with Crippen LogP contribution in [0.3, 0.4) is 0 Å². The molecule has 2 aromatic carbocycles. The van der Waals surface area contributed by atoms with Crippen molar-refractivity contribution in [1.29, 1.82) is 0 Å². The van der Waals surface area contributed by atoms with Gasteiger partial charge in [0.05, 0.1) is 7.11 Å². The molecule has 1 saturated heterocycles. The molecule has 2 atom stereocenters. The van der Waals surface area contributed by atoms with E-state index in [-0.39, 0.29) is 29.7 Å². The number of rotatable bonds is 8. The Morgan fingerprint density at radius 3 is 2.15 bits per heavy atom. The average molecular weight is 486 g/mol. The number of carbonyl (C=O) groups excluding carboxylic acids is 3. The van der Waals surface area contributed by atoms with E-state index in [2.05, 4.69) is 10.6 Å². The number of hydrogen-bond acceptors (Lipinski definition) is 4. The third-order valence-corrected chi connectivity index (χ3v) is 6.56. The highest BCUT2D eigenvalue weighted by atomic mass is 35.5. The summed E-state index contributed by atoms with van der Waals surface area (Å²) in [6.45, 7) is 4.96. The van der Waals surface area contributed by atoms with Crippen LogP contribution in [-0.4, -0.2) is 54.9 Å². The van der Waals surface area contributed by atoms with Gasteiger partial charge in [-0.3, -0.25) is 14.4 Å². The standard InChI is InChI=1S/C26H32ClN3O4/c1-4-17(2)28-25(32)23(29-24(31)19-7-11-22(34-3)12-8-19)18-13-15-30(16-14-18)26(33)20-5-9-21(27)10-6-20/h5-12,17-18,23H,4,13-16H2,1-3H3,(H,28,32)(H,29,31)/t17-,23-/m0/s1. The fourth-order valence-electron chi connectivity index (χ4n) is 4.01. The Kier molecular flexibility index (Phi) is 8.93. The van der Waals surface area contributed by atoms with Gasteiger partial charge in [0, 0.05) is 35.3 Å². The number of nitrogens with zero attached hydrogens (tertiary/aromatic N) is 1. The van der Waals surface area contributed by atoms with Crippen LogP contribution in [0.1, 0.15) is 53.8 Å². The zero-order valence-corrected chi connectivity index (χ0v) is 20.6. The number of likely N-dealkylation sites (tertiary alicyclic amines) is 1. The van der Waals surface area contributed by atoms with E-state index >= 15 is 0 Å². The molecule has 0 bridgehead atoms. The molecule has 0 aliphatic carbocycles. The van der Waals surface area contributed by atoms with Gasteiger partial charge in [-0.15, -0.1) is 0 Å². The summed E-state index contributed by atoms with van der Waals surface area (Å²) in [6.07, 6.45) is 2.01. The monoisotopic (exact) mass is 485 g/mol. The predicted molar refractivity (Wildman–Crippen MR) is 132 cm³/mol. The first-order chi connectivity index (χ1) is 16.3. The van der Waals surface area contributed by atoms with Crippen molar-refractivity contribution in [1.82, 2.24) is 15.5 Å². The van der Waals surface area contributed by atoms with Crippen LogP contribution in [0, 0.1) is 5.92 Å². The second kappa shape index (κ2) is 11.9. The summed E-state index contributed by atoms with van der Waals surface area (Å²) in [7, 11) is 1.56. The van der Waals surface area contributed by atoms with Gasteiger partial charge < -0.3 is 20.3 Å². The molecule has 0 aromatic heterocycles. The van der Waals surface area contributed by atoms with Gasteiger partial charge in [0.25, 0.3) is 11.8 Å². The lowest BCUT2D eigenvalue weighted by atomic mass is 9.88. The fourth-order valence-corrected chi connectivity index (χ4v) is 4.14. The number of piperidine rings is 1. The second-order valence-electron chi connectivity index (χ2n) is 8.63. The van der Waals surface area contributed by atoms with Gasteiger partial charge in [0.15, 0.2) is 0 Å². The van der Waals surface area contributed by atoms with Gasteiger partial charge >= 0.3 is 0 Å². The van der Waals surface area contributed by atoms with Gasteiger partial charge in [-0.05, 0) is 80.6 Å². The number of amides is 3. The summed E-state index contributed by atoms with van der Waals surface area (Å²) in [5.41, 5.74) is 1.04. The molecule has 182 valence electrons. The van der Waals surface area contributed by atoms with Gasteiger partial charge in [-0.2, -0.15) is 0 Å². The molecule has 8 heteroatoms. The Bertz CT molecular complexity index is 986. The topological polar surface area (TPSA) is 87.7 Å². The van der Waals surface area contributed by atoms with Crippen LogP contribution in [-0.2, 0) is 4.79 Å². The lowest BCUT2D eigenvalue weighted by molar-refractivity contribution is -0.125. The van der Waals surface area contributed by atoms with E-state index in [1.54, 1.807) is 60.5 Å². The minimum atomic E-state index is -0.684. The van der Waals surface area contributed by atoms with Crippen LogP contribution in [0.15, 0.2) is 48.5 Å². The molecule has 3 rings (SSSR count). The molecule has 1 heterocycles. The zero-order valence-electron chi connectivity index (χ0n) is 19.8. The molecular formula is C26H32ClN3O4. The molecule has 0 radical (unpaired) electrons. The summed E-state index contributed by atoms with van der Waals surface area (Å²) in [6, 6.07) is 12.9. The minimum absolute atomic E-state index is 0.000500. The molecule has 1 fully saturated rings. The maximum absolute atomic E-state index is 13.1. The molecule has 34 heavy (non-hydrogen) atoms. The fraction of sp³-hybridized carbons (Fsp3) is 0.423. The summed E-state index contributed by atoms with van der Waals surface area (Å²) < 4.78 is 5.15. The smallest absolute Gasteiger partial charge is 0.253 e. The summed E-state index contributed by atoms with van der Waals surface area (Å²) in [5, 5.41) is 6.52. The maximum Gasteiger partial charge on any atom is 0.253 e. The lowest BCUT2D eigenvalue weighted by Crippen LogP contribution is -2.55. The van der Waals surface area contributed by atoms with E-state index < -0.39 is 6.04 Å². The molecule has 0 spiro atoms. The SMILES string of the molecule is CC[C@H](C)NC(=O)[C@@H](NC(=O)c1ccc(OC)cc1)C1CCN(C(=O)c2ccc(Cl)cc2)CC1. The van der Waals surface area contributed by atoms with Crippen molar-refractivity contribution >= 4 is 29.3 Å². The van der Waals surface area contributed by atoms with E-state index in [0.29, 0.717) is 47.8 Å². The number of ether oxygens (including phenoxy) is 1. The van der Waals surface area contributed by atoms with Crippen LogP contribution in [0.25, 0.3) is 0 Å². The number of benzene rings is 2. The second-order valence-corrected chi connectivity index (χ2v) is 9.07. The van der Waals surface area contributed by atoms with Crippen LogP contribution >= 0.6 is 11.6 Å². The first kappa shape index (κ1) is 25.6. The first-order valence-electron chi connectivity index (χ1n) is 11.6. The molecule has 0 unspecified atom stereocenters. The van der Waals surface area contributed by atoms with E-state index in [4.69, 9.17) is 16.3 Å². The van der Waals surface area contributed by atoms with Gasteiger partial charge in [-0.25, -0.2) is 0 Å². The van der Waals surface area contributed by atoms with Crippen LogP contribution in [0.2, 0.25) is 5.02 Å². The van der Waals surface area contributed by atoms with E-state index in [9.17, 15) is 14.4 Å². The van der Waals surface area contributed by atoms with E-state index in [1.807, 2.05) is 13.8 Å². The van der Waals surface area contributed by atoms with Crippen LogP contribution in [0.5, 0.6) is 5.75 Å². The van der Waals surface area contributed by atoms with Crippen molar-refractivity contribution in [3.8, 4) is 5.75 Å². The largest absolute Gasteiger partial charge is 0.497 e. The number of halogens is 1. The lowest BCUT2D eigenvalue weighted by Gasteiger charge is -2.36. The van der Waals surface area contributed by atoms with Gasteiger partial charge in [0.1, 0.15) is 11.8 Å². The first-order valence-corrected chi connectivity index (χ1v) is 12.0. The molecule has 2 aromatic rings. The van der Waals surface area contributed by atoms with Crippen molar-refractivity contribution in [3.05, 3.63) is 64.7 Å². The number of methoxy groups -OCH3 is 1. The highest BCUT2D eigenvalue weighted by Crippen LogP contribution is 2.24. The maximum atomic E-state index is 13.1. The molecule has 0 saturated carbocycles.